The first-order valence-corrected chi connectivity index (χ1v) is 7.43. The zero-order valence-corrected chi connectivity index (χ0v) is 12.1. The lowest BCUT2D eigenvalue weighted by Gasteiger charge is -2.22. The Bertz CT molecular complexity index is 422. The number of halogens is 1. The minimum Gasteiger partial charge on any atom is -0.475 e. The molecule has 0 N–H and O–H groups in total. The second kappa shape index (κ2) is 7.55. The number of aromatic nitrogens is 2. The molecule has 0 saturated heterocycles. The minimum atomic E-state index is -0.247. The van der Waals surface area contributed by atoms with Crippen molar-refractivity contribution in [2.45, 2.75) is 25.7 Å². The first-order valence-electron chi connectivity index (χ1n) is 6.70. The molecule has 2 heterocycles. The highest BCUT2D eigenvalue weighted by molar-refractivity contribution is 6.99. The molecular formula is C13H20FN3OS. The summed E-state index contributed by atoms with van der Waals surface area (Å²) in [5.41, 5.74) is 2.07. The Morgan fingerprint density at radius 3 is 3.05 bits per heavy atom. The molecule has 19 heavy (non-hydrogen) atoms. The maximum absolute atomic E-state index is 12.0. The average molecular weight is 285 g/mol. The molecule has 0 aliphatic carbocycles. The highest BCUT2D eigenvalue weighted by Gasteiger charge is 2.18. The van der Waals surface area contributed by atoms with Gasteiger partial charge in [-0.3, -0.25) is 4.39 Å². The number of unbranched alkanes of at least 4 members (excludes halogenated alkanes) is 2. The molecule has 4 nitrogen and oxygen atoms in total. The van der Waals surface area contributed by atoms with Crippen LogP contribution in [0, 0.1) is 0 Å². The van der Waals surface area contributed by atoms with Gasteiger partial charge in [-0.2, -0.15) is 4.37 Å². The van der Waals surface area contributed by atoms with Gasteiger partial charge < -0.3 is 9.64 Å². The number of nitrogens with zero attached hydrogens (tertiary/aromatic N) is 3. The van der Waals surface area contributed by atoms with Crippen molar-refractivity contribution in [3.8, 4) is 5.88 Å². The number of hydrogen-bond donors (Lipinski definition) is 0. The van der Waals surface area contributed by atoms with Crippen molar-refractivity contribution in [3.63, 3.8) is 0 Å². The van der Waals surface area contributed by atoms with E-state index in [0.29, 0.717) is 18.9 Å². The van der Waals surface area contributed by atoms with E-state index in [4.69, 9.17) is 4.74 Å². The number of rotatable bonds is 7. The van der Waals surface area contributed by atoms with Crippen LogP contribution in [0.4, 0.5) is 4.39 Å². The quantitative estimate of drug-likeness (QED) is 0.722. The van der Waals surface area contributed by atoms with Gasteiger partial charge in [-0.05, 0) is 38.3 Å². The maximum Gasteiger partial charge on any atom is 0.253 e. The molecule has 1 aromatic heterocycles. The van der Waals surface area contributed by atoms with Gasteiger partial charge in [-0.25, -0.2) is 0 Å². The van der Waals surface area contributed by atoms with Gasteiger partial charge in [0.25, 0.3) is 5.88 Å². The highest BCUT2D eigenvalue weighted by Crippen LogP contribution is 2.27. The second-order valence-corrected chi connectivity index (χ2v) is 5.30. The third-order valence-electron chi connectivity index (χ3n) is 3.12. The van der Waals surface area contributed by atoms with Gasteiger partial charge in [-0.15, -0.1) is 4.37 Å². The predicted octanol–water partition coefficient (Wildman–Crippen LogP) is 2.78. The average Bonchev–Trinajstić information content (AvgIpc) is 2.87. The van der Waals surface area contributed by atoms with E-state index in [9.17, 15) is 4.39 Å². The largest absolute Gasteiger partial charge is 0.475 e. The fourth-order valence-corrected chi connectivity index (χ4v) is 2.61. The first kappa shape index (κ1) is 14.4. The molecule has 0 radical (unpaired) electrons. The monoisotopic (exact) mass is 285 g/mol. The molecule has 6 heteroatoms. The summed E-state index contributed by atoms with van der Waals surface area (Å²) in [6, 6.07) is 0. The molecule has 0 atom stereocenters. The van der Waals surface area contributed by atoms with Crippen LogP contribution in [0.2, 0.25) is 0 Å². The maximum atomic E-state index is 12.0. The van der Waals surface area contributed by atoms with Gasteiger partial charge in [-0.1, -0.05) is 6.08 Å². The smallest absolute Gasteiger partial charge is 0.253 e. The molecule has 0 spiro atoms. The van der Waals surface area contributed by atoms with Gasteiger partial charge in [0.05, 0.1) is 25.0 Å². The van der Waals surface area contributed by atoms with Crippen LogP contribution in [0.15, 0.2) is 6.08 Å². The fraction of sp³-hybridized carbons (Fsp3) is 0.692. The lowest BCUT2D eigenvalue weighted by Crippen LogP contribution is -2.25. The normalized spacial score (nSPS) is 16.4. The van der Waals surface area contributed by atoms with Gasteiger partial charge in [0, 0.05) is 13.1 Å². The highest BCUT2D eigenvalue weighted by atomic mass is 32.1. The first-order chi connectivity index (χ1) is 9.31. The molecule has 0 bridgehead atoms. The van der Waals surface area contributed by atoms with Crippen molar-refractivity contribution in [2.75, 3.05) is 33.4 Å². The minimum absolute atomic E-state index is 0.247. The number of alkyl halides is 1. The van der Waals surface area contributed by atoms with Crippen LogP contribution >= 0.6 is 11.7 Å². The van der Waals surface area contributed by atoms with E-state index < -0.39 is 0 Å². The van der Waals surface area contributed by atoms with E-state index in [2.05, 4.69) is 26.8 Å². The third kappa shape index (κ3) is 4.24. The summed E-state index contributed by atoms with van der Waals surface area (Å²) in [6.07, 6.45) is 5.59. The van der Waals surface area contributed by atoms with Crippen molar-refractivity contribution < 1.29 is 9.13 Å². The molecule has 2 rings (SSSR count). The standard InChI is InChI=1S/C13H20FN3OS/c1-17-8-5-6-11(10-17)12-13(16-19-15-12)18-9-4-2-3-7-14/h6H,2-5,7-10H2,1H3. The summed E-state index contributed by atoms with van der Waals surface area (Å²) in [7, 11) is 2.10. The van der Waals surface area contributed by atoms with Crippen molar-refractivity contribution in [2.24, 2.45) is 0 Å². The van der Waals surface area contributed by atoms with Crippen LogP contribution in [0.1, 0.15) is 31.4 Å². The molecule has 0 fully saturated rings. The van der Waals surface area contributed by atoms with Crippen LogP contribution in [0.3, 0.4) is 0 Å². The Morgan fingerprint density at radius 1 is 1.37 bits per heavy atom. The van der Waals surface area contributed by atoms with Crippen molar-refractivity contribution in [3.05, 3.63) is 11.8 Å². The molecule has 0 aromatic carbocycles. The Balaban J connectivity index is 1.88. The Kier molecular flexibility index (Phi) is 5.72. The third-order valence-corrected chi connectivity index (χ3v) is 3.63. The summed E-state index contributed by atoms with van der Waals surface area (Å²) in [6.45, 7) is 2.31. The van der Waals surface area contributed by atoms with E-state index in [1.807, 2.05) is 0 Å². The lowest BCUT2D eigenvalue weighted by molar-refractivity contribution is 0.291. The SMILES string of the molecule is CN1CCC=C(c2nsnc2OCCCCCF)C1. The van der Waals surface area contributed by atoms with E-state index in [1.165, 1.54) is 17.3 Å². The summed E-state index contributed by atoms with van der Waals surface area (Å²) < 4.78 is 26.2. The zero-order valence-electron chi connectivity index (χ0n) is 11.3. The summed E-state index contributed by atoms with van der Waals surface area (Å²) in [5.74, 6) is 0.631. The Hall–Kier alpha value is -1.01. The van der Waals surface area contributed by atoms with Crippen LogP contribution in [0.5, 0.6) is 5.88 Å². The van der Waals surface area contributed by atoms with Gasteiger partial charge in [0.2, 0.25) is 0 Å². The van der Waals surface area contributed by atoms with Crippen LogP contribution in [-0.2, 0) is 0 Å². The van der Waals surface area contributed by atoms with Crippen LogP contribution in [0.25, 0.3) is 5.57 Å². The van der Waals surface area contributed by atoms with Crippen LogP contribution in [-0.4, -0.2) is 47.1 Å². The number of ether oxygens (including phenoxy) is 1. The fourth-order valence-electron chi connectivity index (χ4n) is 2.08. The van der Waals surface area contributed by atoms with Gasteiger partial charge in [0.1, 0.15) is 5.69 Å². The molecule has 1 aliphatic heterocycles. The number of hydrogen-bond acceptors (Lipinski definition) is 5. The molecule has 1 aromatic rings. The van der Waals surface area contributed by atoms with Crippen LogP contribution < -0.4 is 4.74 Å². The summed E-state index contributed by atoms with van der Waals surface area (Å²) in [5, 5.41) is 0. The van der Waals surface area contributed by atoms with E-state index in [-0.39, 0.29) is 6.67 Å². The van der Waals surface area contributed by atoms with Crippen molar-refractivity contribution >= 4 is 17.3 Å². The molecule has 0 amide bonds. The Morgan fingerprint density at radius 2 is 2.26 bits per heavy atom. The molecule has 0 saturated carbocycles. The predicted molar refractivity (Wildman–Crippen MR) is 75.3 cm³/mol. The lowest BCUT2D eigenvalue weighted by atomic mass is 10.1. The number of likely N-dealkylation sites (N-methyl/N-ethyl adjacent to an activating group) is 1. The van der Waals surface area contributed by atoms with Crippen molar-refractivity contribution in [1.29, 1.82) is 0 Å². The van der Waals surface area contributed by atoms with E-state index in [0.717, 1.165) is 38.0 Å². The topological polar surface area (TPSA) is 38.2 Å². The van der Waals surface area contributed by atoms with Gasteiger partial charge >= 0.3 is 0 Å². The molecule has 1 aliphatic rings. The van der Waals surface area contributed by atoms with Crippen molar-refractivity contribution in [1.82, 2.24) is 13.6 Å². The Labute approximate surface area is 117 Å². The molecule has 0 unspecified atom stereocenters. The molecular weight excluding hydrogens is 265 g/mol. The zero-order chi connectivity index (χ0) is 13.5. The van der Waals surface area contributed by atoms with E-state index >= 15 is 0 Å². The summed E-state index contributed by atoms with van der Waals surface area (Å²) in [4.78, 5) is 2.26. The van der Waals surface area contributed by atoms with E-state index in [1.54, 1.807) is 0 Å². The molecule has 106 valence electrons. The van der Waals surface area contributed by atoms with Gasteiger partial charge in [0.15, 0.2) is 0 Å². The second-order valence-electron chi connectivity index (χ2n) is 4.77. The summed E-state index contributed by atoms with van der Waals surface area (Å²) >= 11 is 1.19.